The number of benzene rings is 2. The van der Waals surface area contributed by atoms with Gasteiger partial charge in [0.1, 0.15) is 5.75 Å². The average molecular weight is 255 g/mol. The molecule has 0 saturated heterocycles. The summed E-state index contributed by atoms with van der Waals surface area (Å²) in [5.41, 5.74) is 1.51. The van der Waals surface area contributed by atoms with Gasteiger partial charge in [0, 0.05) is 0 Å². The van der Waals surface area contributed by atoms with Crippen molar-refractivity contribution < 1.29 is 9.13 Å². The van der Waals surface area contributed by atoms with E-state index in [1.807, 2.05) is 30.3 Å². The Kier molecular flexibility index (Phi) is 4.15. The van der Waals surface area contributed by atoms with Crippen molar-refractivity contribution in [3.8, 4) is 17.6 Å². The van der Waals surface area contributed by atoms with E-state index in [0.29, 0.717) is 5.75 Å². The average Bonchev–Trinajstić information content (AvgIpc) is 2.43. The van der Waals surface area contributed by atoms with Crippen molar-refractivity contribution in [1.82, 2.24) is 0 Å². The van der Waals surface area contributed by atoms with Gasteiger partial charge in [-0.2, -0.15) is 5.26 Å². The molecule has 0 aliphatic rings. The van der Waals surface area contributed by atoms with Crippen LogP contribution in [-0.4, -0.2) is 0 Å². The zero-order valence-electron chi connectivity index (χ0n) is 10.7. The van der Waals surface area contributed by atoms with Crippen molar-refractivity contribution in [3.63, 3.8) is 0 Å². The molecule has 3 heteroatoms. The van der Waals surface area contributed by atoms with Crippen LogP contribution in [0.15, 0.2) is 42.5 Å². The highest BCUT2D eigenvalue weighted by Gasteiger charge is 2.06. The molecule has 0 aromatic heterocycles. The van der Waals surface area contributed by atoms with Crippen LogP contribution in [0, 0.1) is 17.1 Å². The Morgan fingerprint density at radius 2 is 1.89 bits per heavy atom. The number of ether oxygens (including phenoxy) is 1. The second-order valence-corrected chi connectivity index (χ2v) is 4.25. The third-order valence-electron chi connectivity index (χ3n) is 2.75. The van der Waals surface area contributed by atoms with Crippen LogP contribution in [0.25, 0.3) is 0 Å². The maximum Gasteiger partial charge on any atom is 0.167 e. The number of halogens is 1. The van der Waals surface area contributed by atoms with Crippen molar-refractivity contribution in [2.75, 3.05) is 0 Å². The van der Waals surface area contributed by atoms with Gasteiger partial charge in [-0.1, -0.05) is 25.5 Å². The van der Waals surface area contributed by atoms with Crippen LogP contribution in [0.5, 0.6) is 11.5 Å². The molecule has 0 spiro atoms. The van der Waals surface area contributed by atoms with E-state index in [0.717, 1.165) is 12.8 Å². The smallest absolute Gasteiger partial charge is 0.167 e. The van der Waals surface area contributed by atoms with Gasteiger partial charge in [0.2, 0.25) is 0 Å². The summed E-state index contributed by atoms with van der Waals surface area (Å²) in [5, 5.41) is 8.67. The number of hydrogen-bond donors (Lipinski definition) is 0. The van der Waals surface area contributed by atoms with Gasteiger partial charge < -0.3 is 4.74 Å². The van der Waals surface area contributed by atoms with Gasteiger partial charge in [-0.15, -0.1) is 0 Å². The molecule has 0 unspecified atom stereocenters. The minimum atomic E-state index is -0.531. The monoisotopic (exact) mass is 255 g/mol. The van der Waals surface area contributed by atoms with E-state index in [4.69, 9.17) is 10.00 Å². The van der Waals surface area contributed by atoms with E-state index in [1.54, 1.807) is 0 Å². The summed E-state index contributed by atoms with van der Waals surface area (Å²) < 4.78 is 19.1. The van der Waals surface area contributed by atoms with Gasteiger partial charge in [0.05, 0.1) is 11.6 Å². The first kappa shape index (κ1) is 13.1. The molecule has 2 aromatic rings. The van der Waals surface area contributed by atoms with E-state index >= 15 is 0 Å². The fourth-order valence-electron chi connectivity index (χ4n) is 1.79. The van der Waals surface area contributed by atoms with Crippen molar-refractivity contribution in [2.24, 2.45) is 0 Å². The van der Waals surface area contributed by atoms with E-state index < -0.39 is 5.82 Å². The minimum absolute atomic E-state index is 0.127. The van der Waals surface area contributed by atoms with E-state index in [1.165, 1.54) is 23.8 Å². The highest BCUT2D eigenvalue weighted by Crippen LogP contribution is 2.25. The fourth-order valence-corrected chi connectivity index (χ4v) is 1.79. The highest BCUT2D eigenvalue weighted by atomic mass is 19.1. The highest BCUT2D eigenvalue weighted by molar-refractivity contribution is 5.39. The molecule has 2 rings (SSSR count). The molecule has 0 fully saturated rings. The molecular weight excluding hydrogens is 241 g/mol. The van der Waals surface area contributed by atoms with Crippen molar-refractivity contribution in [3.05, 3.63) is 59.4 Å². The van der Waals surface area contributed by atoms with Gasteiger partial charge >= 0.3 is 0 Å². The van der Waals surface area contributed by atoms with Crippen LogP contribution in [0.1, 0.15) is 24.5 Å². The molecule has 19 heavy (non-hydrogen) atoms. The molecule has 2 aromatic carbocycles. The largest absolute Gasteiger partial charge is 0.454 e. The molecule has 0 amide bonds. The summed E-state index contributed by atoms with van der Waals surface area (Å²) in [5.74, 6) is 0.183. The first-order valence-electron chi connectivity index (χ1n) is 6.19. The van der Waals surface area contributed by atoms with Gasteiger partial charge in [0.15, 0.2) is 11.6 Å². The third kappa shape index (κ3) is 3.32. The van der Waals surface area contributed by atoms with Gasteiger partial charge in [-0.05, 0) is 42.3 Å². The molecule has 0 bridgehead atoms. The molecule has 2 nitrogen and oxygen atoms in total. The van der Waals surface area contributed by atoms with Crippen LogP contribution in [0.3, 0.4) is 0 Å². The van der Waals surface area contributed by atoms with E-state index in [2.05, 4.69) is 6.92 Å². The van der Waals surface area contributed by atoms with Gasteiger partial charge in [0.25, 0.3) is 0 Å². The van der Waals surface area contributed by atoms with Crippen molar-refractivity contribution in [1.29, 1.82) is 5.26 Å². The van der Waals surface area contributed by atoms with Crippen LogP contribution in [0.2, 0.25) is 0 Å². The molecule has 0 heterocycles. The Hall–Kier alpha value is -2.34. The summed E-state index contributed by atoms with van der Waals surface area (Å²) in [6.45, 7) is 2.12. The first-order valence-corrected chi connectivity index (χ1v) is 6.19. The molecule has 0 saturated carbocycles. The predicted molar refractivity (Wildman–Crippen MR) is 71.6 cm³/mol. The SMILES string of the molecule is CCCc1ccc(Oc2ccc(C#N)cc2F)cc1. The molecule has 0 aliphatic carbocycles. The number of aryl methyl sites for hydroxylation is 1. The molecule has 0 atom stereocenters. The van der Waals surface area contributed by atoms with Crippen LogP contribution in [-0.2, 0) is 6.42 Å². The second kappa shape index (κ2) is 6.01. The third-order valence-corrected chi connectivity index (χ3v) is 2.75. The molecule has 0 N–H and O–H groups in total. The Bertz CT molecular complexity index is 599. The fraction of sp³-hybridized carbons (Fsp3) is 0.188. The van der Waals surface area contributed by atoms with Crippen LogP contribution >= 0.6 is 0 Å². The zero-order valence-corrected chi connectivity index (χ0v) is 10.7. The number of nitrogens with zero attached hydrogens (tertiary/aromatic N) is 1. The lowest BCUT2D eigenvalue weighted by atomic mass is 10.1. The van der Waals surface area contributed by atoms with Gasteiger partial charge in [-0.25, -0.2) is 4.39 Å². The molecule has 0 aliphatic heterocycles. The lowest BCUT2D eigenvalue weighted by molar-refractivity contribution is 0.442. The zero-order chi connectivity index (χ0) is 13.7. The summed E-state index contributed by atoms with van der Waals surface area (Å²) in [6, 6.07) is 13.6. The number of hydrogen-bond acceptors (Lipinski definition) is 2. The first-order chi connectivity index (χ1) is 9.22. The number of rotatable bonds is 4. The Labute approximate surface area is 112 Å². The van der Waals surface area contributed by atoms with Gasteiger partial charge in [-0.3, -0.25) is 0 Å². The Morgan fingerprint density at radius 3 is 2.47 bits per heavy atom. The maximum absolute atomic E-state index is 13.6. The second-order valence-electron chi connectivity index (χ2n) is 4.25. The lowest BCUT2D eigenvalue weighted by Crippen LogP contribution is -1.90. The standard InChI is InChI=1S/C16H14FNO/c1-2-3-12-4-7-14(8-5-12)19-16-9-6-13(11-18)10-15(16)17/h4-10H,2-3H2,1H3. The predicted octanol–water partition coefficient (Wildman–Crippen LogP) is 4.44. The molecule has 96 valence electrons. The lowest BCUT2D eigenvalue weighted by Gasteiger charge is -2.07. The normalized spacial score (nSPS) is 9.95. The summed E-state index contributed by atoms with van der Waals surface area (Å²) in [6.07, 6.45) is 2.11. The Morgan fingerprint density at radius 1 is 1.16 bits per heavy atom. The maximum atomic E-state index is 13.6. The van der Waals surface area contributed by atoms with Crippen molar-refractivity contribution >= 4 is 0 Å². The molecular formula is C16H14FNO. The summed E-state index contributed by atoms with van der Waals surface area (Å²) >= 11 is 0. The van der Waals surface area contributed by atoms with Crippen LogP contribution in [0.4, 0.5) is 4.39 Å². The quantitative estimate of drug-likeness (QED) is 0.809. The van der Waals surface area contributed by atoms with Crippen LogP contribution < -0.4 is 4.74 Å². The van der Waals surface area contributed by atoms with E-state index in [-0.39, 0.29) is 11.3 Å². The minimum Gasteiger partial charge on any atom is -0.454 e. The Balaban J connectivity index is 2.15. The number of nitriles is 1. The molecule has 0 radical (unpaired) electrons. The summed E-state index contributed by atoms with van der Waals surface area (Å²) in [7, 11) is 0. The summed E-state index contributed by atoms with van der Waals surface area (Å²) in [4.78, 5) is 0. The topological polar surface area (TPSA) is 33.0 Å². The van der Waals surface area contributed by atoms with Crippen molar-refractivity contribution in [2.45, 2.75) is 19.8 Å². The van der Waals surface area contributed by atoms with E-state index in [9.17, 15) is 4.39 Å².